The predicted molar refractivity (Wildman–Crippen MR) is 71.5 cm³/mol. The normalized spacial score (nSPS) is 29.2. The second-order valence-corrected chi connectivity index (χ2v) is 5.32. The van der Waals surface area contributed by atoms with Crippen molar-refractivity contribution in [3.63, 3.8) is 0 Å². The van der Waals surface area contributed by atoms with Crippen molar-refractivity contribution in [1.29, 1.82) is 0 Å². The molecule has 0 aliphatic carbocycles. The highest BCUT2D eigenvalue weighted by Crippen LogP contribution is 2.25. The van der Waals surface area contributed by atoms with Crippen LogP contribution < -0.4 is 0 Å². The van der Waals surface area contributed by atoms with Crippen LogP contribution in [0.3, 0.4) is 0 Å². The molecule has 0 spiro atoms. The number of carboxylic acid groups (broad SMARTS) is 1. The van der Waals surface area contributed by atoms with Gasteiger partial charge in [-0.3, -0.25) is 4.79 Å². The third-order valence-corrected chi connectivity index (χ3v) is 3.92. The maximum absolute atomic E-state index is 12.5. The second kappa shape index (κ2) is 6.89. The zero-order chi connectivity index (χ0) is 15.4. The van der Waals surface area contributed by atoms with Crippen molar-refractivity contribution in [2.45, 2.75) is 57.3 Å². The number of carbonyl (C=O) groups excluding carboxylic acids is 2. The van der Waals surface area contributed by atoms with Gasteiger partial charge in [0.2, 0.25) is 0 Å². The average molecular weight is 299 g/mol. The van der Waals surface area contributed by atoms with Crippen LogP contribution in [0.2, 0.25) is 0 Å². The predicted octanol–water partition coefficient (Wildman–Crippen LogP) is 0.563. The maximum Gasteiger partial charge on any atom is 0.332 e. The van der Waals surface area contributed by atoms with Crippen LogP contribution in [0.5, 0.6) is 0 Å². The first-order valence-corrected chi connectivity index (χ1v) is 7.40. The average Bonchev–Trinajstić information content (AvgIpc) is 2.97. The lowest BCUT2D eigenvalue weighted by Gasteiger charge is -2.35. The molecule has 0 aromatic heterocycles. The van der Waals surface area contributed by atoms with Gasteiger partial charge in [-0.05, 0) is 39.0 Å². The lowest BCUT2D eigenvalue weighted by molar-refractivity contribution is -0.163. The van der Waals surface area contributed by atoms with Crippen LogP contribution in [-0.2, 0) is 23.9 Å². The molecule has 118 valence electrons. The molecule has 7 heteroatoms. The van der Waals surface area contributed by atoms with Crippen LogP contribution in [0.15, 0.2) is 0 Å². The molecule has 2 aliphatic rings. The molecule has 2 aliphatic heterocycles. The van der Waals surface area contributed by atoms with E-state index in [2.05, 4.69) is 0 Å². The molecule has 0 aromatic rings. The first kappa shape index (κ1) is 15.8. The van der Waals surface area contributed by atoms with Gasteiger partial charge in [-0.25, -0.2) is 9.59 Å². The molecule has 3 atom stereocenters. The highest BCUT2D eigenvalue weighted by Gasteiger charge is 2.41. The molecule has 0 aromatic carbocycles. The highest BCUT2D eigenvalue weighted by atomic mass is 16.5. The van der Waals surface area contributed by atoms with Gasteiger partial charge in [-0.15, -0.1) is 0 Å². The summed E-state index contributed by atoms with van der Waals surface area (Å²) in [6, 6.07) is -0.571. The van der Waals surface area contributed by atoms with Gasteiger partial charge in [0, 0.05) is 6.54 Å². The molecule has 21 heavy (non-hydrogen) atoms. The zero-order valence-electron chi connectivity index (χ0n) is 12.1. The smallest absolute Gasteiger partial charge is 0.332 e. The van der Waals surface area contributed by atoms with E-state index in [1.807, 2.05) is 0 Å². The van der Waals surface area contributed by atoms with E-state index in [0.717, 1.165) is 12.8 Å². The summed E-state index contributed by atoms with van der Waals surface area (Å²) in [5, 5.41) is 8.91. The largest absolute Gasteiger partial charge is 0.479 e. The van der Waals surface area contributed by atoms with Gasteiger partial charge in [0.25, 0.3) is 5.91 Å². The van der Waals surface area contributed by atoms with E-state index in [9.17, 15) is 14.4 Å². The minimum Gasteiger partial charge on any atom is -0.479 e. The Morgan fingerprint density at radius 1 is 1.19 bits per heavy atom. The summed E-state index contributed by atoms with van der Waals surface area (Å²) < 4.78 is 10.3. The molecule has 0 radical (unpaired) electrons. The molecule has 1 amide bonds. The first-order valence-electron chi connectivity index (χ1n) is 7.40. The van der Waals surface area contributed by atoms with Crippen molar-refractivity contribution in [2.24, 2.45) is 0 Å². The molecule has 0 bridgehead atoms. The molecule has 7 nitrogen and oxygen atoms in total. The van der Waals surface area contributed by atoms with Crippen LogP contribution in [0.1, 0.15) is 39.0 Å². The molecule has 2 heterocycles. The number of carboxylic acids is 1. The Kier molecular flexibility index (Phi) is 5.17. The summed E-state index contributed by atoms with van der Waals surface area (Å²) in [6.45, 7) is 2.49. The van der Waals surface area contributed by atoms with Gasteiger partial charge in [0.15, 0.2) is 6.10 Å². The number of esters is 1. The van der Waals surface area contributed by atoms with Crippen LogP contribution in [0, 0.1) is 0 Å². The fourth-order valence-corrected chi connectivity index (χ4v) is 2.86. The first-order chi connectivity index (χ1) is 10.0. The number of amides is 1. The Morgan fingerprint density at radius 2 is 1.90 bits per heavy atom. The number of aliphatic carboxylic acids is 1. The summed E-state index contributed by atoms with van der Waals surface area (Å²) in [5.74, 6) is -1.74. The van der Waals surface area contributed by atoms with Crippen LogP contribution >= 0.6 is 0 Å². The van der Waals surface area contributed by atoms with Gasteiger partial charge in [-0.2, -0.15) is 0 Å². The fourth-order valence-electron chi connectivity index (χ4n) is 2.86. The summed E-state index contributed by atoms with van der Waals surface area (Å²) in [6.07, 6.45) is 1.30. The van der Waals surface area contributed by atoms with Crippen molar-refractivity contribution in [3.8, 4) is 0 Å². The van der Waals surface area contributed by atoms with Crippen LogP contribution in [0.4, 0.5) is 0 Å². The van der Waals surface area contributed by atoms with Crippen molar-refractivity contribution < 1.29 is 29.0 Å². The monoisotopic (exact) mass is 299 g/mol. The Balaban J connectivity index is 2.02. The van der Waals surface area contributed by atoms with E-state index < -0.39 is 30.2 Å². The number of likely N-dealkylation sites (tertiary alicyclic amines) is 1. The fraction of sp³-hybridized carbons (Fsp3) is 0.786. The van der Waals surface area contributed by atoms with Gasteiger partial charge in [0.1, 0.15) is 12.1 Å². The number of rotatable bonds is 4. The lowest BCUT2D eigenvalue weighted by Crippen LogP contribution is -2.52. The number of nitrogens with zero attached hydrogens (tertiary/aromatic N) is 1. The molecule has 1 unspecified atom stereocenters. The summed E-state index contributed by atoms with van der Waals surface area (Å²) in [4.78, 5) is 36.8. The van der Waals surface area contributed by atoms with E-state index in [0.29, 0.717) is 25.8 Å². The van der Waals surface area contributed by atoms with Crippen molar-refractivity contribution in [1.82, 2.24) is 4.90 Å². The van der Waals surface area contributed by atoms with Gasteiger partial charge < -0.3 is 19.5 Å². The van der Waals surface area contributed by atoms with E-state index in [-0.39, 0.29) is 12.5 Å². The SMILES string of the molecule is CCOC(=O)C1CCCCN1C(=O)[C@@H]1CC[C@H](C(=O)O)O1. The van der Waals surface area contributed by atoms with Gasteiger partial charge >= 0.3 is 11.9 Å². The summed E-state index contributed by atoms with van der Waals surface area (Å²) >= 11 is 0. The molecule has 2 rings (SSSR count). The van der Waals surface area contributed by atoms with Gasteiger partial charge in [0.05, 0.1) is 6.61 Å². The van der Waals surface area contributed by atoms with Crippen LogP contribution in [-0.4, -0.2) is 59.3 Å². The molecular weight excluding hydrogens is 278 g/mol. The Bertz CT molecular complexity index is 424. The number of ether oxygens (including phenoxy) is 2. The van der Waals surface area contributed by atoms with Crippen molar-refractivity contribution in [2.75, 3.05) is 13.2 Å². The third kappa shape index (κ3) is 3.53. The van der Waals surface area contributed by atoms with E-state index in [4.69, 9.17) is 14.6 Å². The topological polar surface area (TPSA) is 93.1 Å². The zero-order valence-corrected chi connectivity index (χ0v) is 12.1. The Hall–Kier alpha value is -1.63. The highest BCUT2D eigenvalue weighted by molar-refractivity contribution is 5.88. The maximum atomic E-state index is 12.5. The van der Waals surface area contributed by atoms with Crippen LogP contribution in [0.25, 0.3) is 0 Å². The Morgan fingerprint density at radius 3 is 2.52 bits per heavy atom. The molecule has 0 saturated carbocycles. The number of hydrogen-bond acceptors (Lipinski definition) is 5. The van der Waals surface area contributed by atoms with E-state index in [1.165, 1.54) is 4.90 Å². The quantitative estimate of drug-likeness (QED) is 0.763. The Labute approximate surface area is 123 Å². The molecular formula is C14H21NO6. The minimum atomic E-state index is -1.05. The van der Waals surface area contributed by atoms with Crippen molar-refractivity contribution >= 4 is 17.8 Å². The number of piperidine rings is 1. The summed E-state index contributed by atoms with van der Waals surface area (Å²) in [7, 11) is 0. The molecule has 2 saturated heterocycles. The standard InChI is InChI=1S/C14H21NO6/c1-2-20-14(19)9-5-3-4-8-15(9)12(16)10-6-7-11(21-10)13(17)18/h9-11H,2-8H2,1H3,(H,17,18)/t9?,10-,11+/m0/s1. The second-order valence-electron chi connectivity index (χ2n) is 5.32. The molecule has 1 N–H and O–H groups in total. The third-order valence-electron chi connectivity index (χ3n) is 3.92. The number of hydrogen-bond donors (Lipinski definition) is 1. The lowest BCUT2D eigenvalue weighted by atomic mass is 10.0. The molecule has 2 fully saturated rings. The van der Waals surface area contributed by atoms with E-state index in [1.54, 1.807) is 6.92 Å². The number of carbonyl (C=O) groups is 3. The van der Waals surface area contributed by atoms with E-state index >= 15 is 0 Å². The minimum absolute atomic E-state index is 0.276. The van der Waals surface area contributed by atoms with Crippen molar-refractivity contribution in [3.05, 3.63) is 0 Å². The van der Waals surface area contributed by atoms with Gasteiger partial charge in [-0.1, -0.05) is 0 Å². The summed E-state index contributed by atoms with van der Waals surface area (Å²) in [5.41, 5.74) is 0.